The number of aliphatic imine (C=N–C) groups is 1. The number of hydrogen-bond donors (Lipinski definition) is 3. The van der Waals surface area contributed by atoms with Crippen molar-refractivity contribution in [3.8, 4) is 11.5 Å². The molecule has 2 amide bonds. The predicted molar refractivity (Wildman–Crippen MR) is 113 cm³/mol. The van der Waals surface area contributed by atoms with Gasteiger partial charge in [0.25, 0.3) is 5.91 Å². The van der Waals surface area contributed by atoms with Crippen LogP contribution in [0.15, 0.2) is 29.4 Å². The van der Waals surface area contributed by atoms with Crippen LogP contribution in [0, 0.1) is 11.7 Å². The predicted octanol–water partition coefficient (Wildman–Crippen LogP) is 1.38. The van der Waals surface area contributed by atoms with Gasteiger partial charge in [-0.1, -0.05) is 0 Å². The third-order valence-electron chi connectivity index (χ3n) is 5.03. The second kappa shape index (κ2) is 7.80. The van der Waals surface area contributed by atoms with Crippen molar-refractivity contribution in [2.24, 2.45) is 10.9 Å². The number of nitrogens with zero attached hydrogens (tertiary/aromatic N) is 4. The molecular weight excluding hydrogens is 421 g/mol. The van der Waals surface area contributed by atoms with E-state index >= 15 is 0 Å². The third-order valence-corrected chi connectivity index (χ3v) is 5.03. The van der Waals surface area contributed by atoms with Gasteiger partial charge in [0.15, 0.2) is 28.7 Å². The van der Waals surface area contributed by atoms with Crippen molar-refractivity contribution in [1.29, 1.82) is 0 Å². The Labute approximate surface area is 180 Å². The summed E-state index contributed by atoms with van der Waals surface area (Å²) < 4.78 is 26.5. The number of anilines is 3. The van der Waals surface area contributed by atoms with E-state index in [-0.39, 0.29) is 11.6 Å². The molecule has 1 fully saturated rings. The van der Waals surface area contributed by atoms with E-state index in [1.165, 1.54) is 29.1 Å². The lowest BCUT2D eigenvalue weighted by Gasteiger charge is -2.21. The van der Waals surface area contributed by atoms with Crippen molar-refractivity contribution >= 4 is 40.9 Å². The van der Waals surface area contributed by atoms with E-state index in [4.69, 9.17) is 9.47 Å². The zero-order chi connectivity index (χ0) is 22.2. The number of benzene rings is 1. The molecule has 5 rings (SSSR count). The first-order valence-corrected chi connectivity index (χ1v) is 9.82. The minimum Gasteiger partial charge on any atom is -0.486 e. The van der Waals surface area contributed by atoms with Gasteiger partial charge >= 0.3 is 0 Å². The van der Waals surface area contributed by atoms with Crippen LogP contribution >= 0.6 is 0 Å². The highest BCUT2D eigenvalue weighted by Gasteiger charge is 2.26. The third kappa shape index (κ3) is 3.45. The molecule has 1 atom stereocenters. The van der Waals surface area contributed by atoms with Crippen LogP contribution in [-0.2, 0) is 4.79 Å². The van der Waals surface area contributed by atoms with Gasteiger partial charge in [-0.15, -0.1) is 5.10 Å². The summed E-state index contributed by atoms with van der Waals surface area (Å²) in [7, 11) is 1.70. The molecule has 32 heavy (non-hydrogen) atoms. The molecular formula is C20H18FN7O4. The number of carbonyl (C=O) groups excluding carboxylic acids is 2. The van der Waals surface area contributed by atoms with Gasteiger partial charge in [0.05, 0.1) is 23.5 Å². The van der Waals surface area contributed by atoms with E-state index in [0.29, 0.717) is 54.1 Å². The largest absolute Gasteiger partial charge is 0.486 e. The van der Waals surface area contributed by atoms with Crippen molar-refractivity contribution in [2.75, 3.05) is 37.4 Å². The topological polar surface area (TPSA) is 131 Å². The molecule has 2 aromatic heterocycles. The molecule has 0 saturated carbocycles. The second-order valence-electron chi connectivity index (χ2n) is 7.11. The van der Waals surface area contributed by atoms with Gasteiger partial charge in [-0.2, -0.15) is 0 Å². The fraction of sp³-hybridized carbons (Fsp3) is 0.250. The summed E-state index contributed by atoms with van der Waals surface area (Å²) in [6, 6.07) is 4.19. The zero-order valence-corrected chi connectivity index (χ0v) is 16.9. The van der Waals surface area contributed by atoms with E-state index in [9.17, 15) is 14.0 Å². The Bertz CT molecular complexity index is 1270. The van der Waals surface area contributed by atoms with Crippen LogP contribution in [0.2, 0.25) is 0 Å². The summed E-state index contributed by atoms with van der Waals surface area (Å²) in [4.78, 5) is 32.1. The standard InChI is InChI=1S/C20H18FN7O4/c1-22-13-6-16(26-12-4-11(21)5-15-17(12)32-3-2-31-15)27-28-14(9-23-18(13)28)20(30)25-8-10-7-24-19(10)29/h4-6,8-10,22H,2-3,7H2,1H3,(H,24,29)(H,26,27)/b25-8+. The molecule has 0 spiro atoms. The number of halogens is 1. The molecule has 1 aromatic carbocycles. The lowest BCUT2D eigenvalue weighted by atomic mass is 10.0. The minimum atomic E-state index is -0.594. The minimum absolute atomic E-state index is 0.108. The van der Waals surface area contributed by atoms with Crippen molar-refractivity contribution in [3.63, 3.8) is 0 Å². The lowest BCUT2D eigenvalue weighted by molar-refractivity contribution is -0.128. The summed E-state index contributed by atoms with van der Waals surface area (Å²) in [6.45, 7) is 1.11. The smallest absolute Gasteiger partial charge is 0.296 e. The van der Waals surface area contributed by atoms with Gasteiger partial charge in [0, 0.05) is 38.0 Å². The van der Waals surface area contributed by atoms with Gasteiger partial charge in [0.2, 0.25) is 5.91 Å². The number of hydrogen-bond acceptors (Lipinski definition) is 8. The highest BCUT2D eigenvalue weighted by atomic mass is 19.1. The second-order valence-corrected chi connectivity index (χ2v) is 7.11. The Kier molecular flexibility index (Phi) is 4.81. The Hall–Kier alpha value is -4.22. The molecule has 3 N–H and O–H groups in total. The molecule has 1 saturated heterocycles. The monoisotopic (exact) mass is 439 g/mol. The number of nitrogens with one attached hydrogen (secondary N) is 3. The highest BCUT2D eigenvalue weighted by molar-refractivity contribution is 6.04. The molecule has 4 heterocycles. The Balaban J connectivity index is 1.51. The van der Waals surface area contributed by atoms with Gasteiger partial charge in [-0.05, 0) is 0 Å². The summed E-state index contributed by atoms with van der Waals surface area (Å²) in [5, 5.41) is 13.0. The number of fused-ring (bicyclic) bond motifs is 2. The number of rotatable bonds is 5. The van der Waals surface area contributed by atoms with Crippen LogP contribution < -0.4 is 25.4 Å². The van der Waals surface area contributed by atoms with E-state index in [2.05, 4.69) is 31.0 Å². The van der Waals surface area contributed by atoms with Gasteiger partial charge in [-0.25, -0.2) is 18.9 Å². The summed E-state index contributed by atoms with van der Waals surface area (Å²) in [6.07, 6.45) is 2.67. The average Bonchev–Trinajstić information content (AvgIpc) is 3.21. The van der Waals surface area contributed by atoms with Crippen LogP contribution in [0.3, 0.4) is 0 Å². The van der Waals surface area contributed by atoms with Crippen molar-refractivity contribution in [3.05, 3.63) is 35.9 Å². The van der Waals surface area contributed by atoms with Gasteiger partial charge < -0.3 is 25.4 Å². The summed E-state index contributed by atoms with van der Waals surface area (Å²) in [5.41, 5.74) is 1.41. The number of carbonyl (C=O) groups is 2. The lowest BCUT2D eigenvalue weighted by Crippen LogP contribution is -2.49. The van der Waals surface area contributed by atoms with E-state index in [1.807, 2.05) is 0 Å². The molecule has 0 aliphatic carbocycles. The van der Waals surface area contributed by atoms with Crippen LogP contribution in [0.25, 0.3) is 5.65 Å². The first-order chi connectivity index (χ1) is 15.5. The van der Waals surface area contributed by atoms with Crippen LogP contribution in [0.5, 0.6) is 11.5 Å². The van der Waals surface area contributed by atoms with Gasteiger partial charge in [-0.3, -0.25) is 9.59 Å². The molecule has 12 heteroatoms. The average molecular weight is 439 g/mol. The van der Waals surface area contributed by atoms with Crippen molar-refractivity contribution in [1.82, 2.24) is 19.9 Å². The molecule has 1 unspecified atom stereocenters. The fourth-order valence-corrected chi connectivity index (χ4v) is 3.36. The van der Waals surface area contributed by atoms with E-state index in [0.717, 1.165) is 0 Å². The van der Waals surface area contributed by atoms with Crippen LogP contribution in [0.4, 0.5) is 21.6 Å². The normalized spacial score (nSPS) is 17.2. The zero-order valence-electron chi connectivity index (χ0n) is 16.9. The number of amides is 2. The molecule has 2 aliphatic rings. The number of aromatic nitrogens is 3. The molecule has 11 nitrogen and oxygen atoms in total. The SMILES string of the molecule is CNc1cc(Nc2cc(F)cc3c2OCCO3)nn2c(C(=O)/N=C/C3CNC3=O)cnc12. The van der Waals surface area contributed by atoms with Gasteiger partial charge in [0.1, 0.15) is 19.0 Å². The first-order valence-electron chi connectivity index (χ1n) is 9.82. The quantitative estimate of drug-likeness (QED) is 0.401. The number of β-lactam (4-membered cyclic amide) rings is 1. The summed E-state index contributed by atoms with van der Waals surface area (Å²) >= 11 is 0. The molecule has 0 radical (unpaired) electrons. The van der Waals surface area contributed by atoms with Crippen LogP contribution in [0.1, 0.15) is 10.5 Å². The summed E-state index contributed by atoms with van der Waals surface area (Å²) in [5.74, 6) is -0.720. The van der Waals surface area contributed by atoms with Crippen molar-refractivity contribution in [2.45, 2.75) is 0 Å². The molecule has 0 bridgehead atoms. The maximum Gasteiger partial charge on any atom is 0.296 e. The molecule has 164 valence electrons. The fourth-order valence-electron chi connectivity index (χ4n) is 3.36. The van der Waals surface area contributed by atoms with Crippen molar-refractivity contribution < 1.29 is 23.5 Å². The number of ether oxygens (including phenoxy) is 2. The maximum atomic E-state index is 14.1. The Morgan fingerprint density at radius 2 is 2.16 bits per heavy atom. The Morgan fingerprint density at radius 3 is 2.91 bits per heavy atom. The molecule has 2 aliphatic heterocycles. The molecule has 3 aromatic rings. The highest BCUT2D eigenvalue weighted by Crippen LogP contribution is 2.40. The van der Waals surface area contributed by atoms with Crippen LogP contribution in [-0.4, -0.2) is 59.4 Å². The number of imidazole rings is 1. The maximum absolute atomic E-state index is 14.1. The van der Waals surface area contributed by atoms with E-state index in [1.54, 1.807) is 13.1 Å². The van der Waals surface area contributed by atoms with E-state index < -0.39 is 17.6 Å². The first kappa shape index (κ1) is 19.7. The Morgan fingerprint density at radius 1 is 1.31 bits per heavy atom.